The fourth-order valence-electron chi connectivity index (χ4n) is 3.06. The van der Waals surface area contributed by atoms with Gasteiger partial charge in [0.15, 0.2) is 0 Å². The van der Waals surface area contributed by atoms with E-state index >= 15 is 0 Å². The molecular formula is C23H30F2N2O4. The standard InChI is InChI=1S/C23H30F2N2O4/c1-3-4-8-31-23(29)27-21(12-17-9-18(24)13-19(25)10-17)22(28)15-26-14-16-6-5-7-20(11-16)30-2/h5-7,9-11,13,21-22,26,28H,3-4,8,12,14-15H2,1-2H3,(H,27,29)/t21-,22+/m0/s1. The van der Waals surface area contributed by atoms with Gasteiger partial charge < -0.3 is 25.2 Å². The van der Waals surface area contributed by atoms with Crippen LogP contribution in [0.15, 0.2) is 42.5 Å². The second-order valence-electron chi connectivity index (χ2n) is 7.27. The molecule has 0 aliphatic carbocycles. The van der Waals surface area contributed by atoms with Crippen LogP contribution in [0.1, 0.15) is 30.9 Å². The molecule has 0 aliphatic heterocycles. The van der Waals surface area contributed by atoms with E-state index in [1.54, 1.807) is 7.11 Å². The molecule has 2 rings (SSSR count). The van der Waals surface area contributed by atoms with Crippen molar-refractivity contribution in [3.63, 3.8) is 0 Å². The molecule has 0 radical (unpaired) electrons. The summed E-state index contributed by atoms with van der Waals surface area (Å²) in [7, 11) is 1.58. The third-order valence-electron chi connectivity index (χ3n) is 4.69. The van der Waals surface area contributed by atoms with Gasteiger partial charge in [-0.3, -0.25) is 0 Å². The number of methoxy groups -OCH3 is 1. The molecule has 0 spiro atoms. The number of nitrogens with one attached hydrogen (secondary N) is 2. The summed E-state index contributed by atoms with van der Waals surface area (Å²) in [5.74, 6) is -0.711. The Hall–Kier alpha value is -2.71. The van der Waals surface area contributed by atoms with E-state index in [9.17, 15) is 18.7 Å². The van der Waals surface area contributed by atoms with Gasteiger partial charge in [0.2, 0.25) is 0 Å². The average Bonchev–Trinajstić information content (AvgIpc) is 2.73. The van der Waals surface area contributed by atoms with Crippen LogP contribution in [0.2, 0.25) is 0 Å². The van der Waals surface area contributed by atoms with Gasteiger partial charge in [-0.15, -0.1) is 0 Å². The van der Waals surface area contributed by atoms with E-state index in [1.807, 2.05) is 31.2 Å². The predicted molar refractivity (Wildman–Crippen MR) is 114 cm³/mol. The number of aliphatic hydroxyl groups is 1. The Labute approximate surface area is 181 Å². The fourth-order valence-corrected chi connectivity index (χ4v) is 3.06. The highest BCUT2D eigenvalue weighted by Crippen LogP contribution is 2.14. The highest BCUT2D eigenvalue weighted by atomic mass is 19.1. The minimum Gasteiger partial charge on any atom is -0.497 e. The Bertz CT molecular complexity index is 815. The third-order valence-corrected chi connectivity index (χ3v) is 4.69. The molecule has 0 bridgehead atoms. The summed E-state index contributed by atoms with van der Waals surface area (Å²) in [6, 6.07) is 9.81. The molecule has 2 aromatic rings. The molecule has 6 nitrogen and oxygen atoms in total. The van der Waals surface area contributed by atoms with Crippen molar-refractivity contribution in [3.8, 4) is 5.75 Å². The summed E-state index contributed by atoms with van der Waals surface area (Å²) in [6.45, 7) is 2.85. The van der Waals surface area contributed by atoms with Crippen LogP contribution in [0.25, 0.3) is 0 Å². The number of amides is 1. The van der Waals surface area contributed by atoms with E-state index in [-0.39, 0.29) is 19.6 Å². The van der Waals surface area contributed by atoms with Gasteiger partial charge >= 0.3 is 6.09 Å². The number of alkyl carbamates (subject to hydrolysis) is 1. The Balaban J connectivity index is 1.99. The van der Waals surface area contributed by atoms with E-state index in [2.05, 4.69) is 10.6 Å². The Morgan fingerprint density at radius 3 is 2.55 bits per heavy atom. The smallest absolute Gasteiger partial charge is 0.407 e. The van der Waals surface area contributed by atoms with Crippen LogP contribution in [0.3, 0.4) is 0 Å². The van der Waals surface area contributed by atoms with Gasteiger partial charge in [-0.2, -0.15) is 0 Å². The van der Waals surface area contributed by atoms with Crippen LogP contribution in [-0.4, -0.2) is 43.6 Å². The first kappa shape index (κ1) is 24.6. The summed E-state index contributed by atoms with van der Waals surface area (Å²) in [6.07, 6.45) is -0.0640. The van der Waals surface area contributed by atoms with Crippen molar-refractivity contribution in [2.75, 3.05) is 20.3 Å². The summed E-state index contributed by atoms with van der Waals surface area (Å²) in [5, 5.41) is 16.4. The number of aliphatic hydroxyl groups excluding tert-OH is 1. The number of benzene rings is 2. The van der Waals surface area contributed by atoms with Gasteiger partial charge in [0.05, 0.1) is 25.9 Å². The normalized spacial score (nSPS) is 12.8. The molecule has 2 atom stereocenters. The lowest BCUT2D eigenvalue weighted by Gasteiger charge is -2.24. The lowest BCUT2D eigenvalue weighted by atomic mass is 10.0. The van der Waals surface area contributed by atoms with Crippen LogP contribution >= 0.6 is 0 Å². The highest BCUT2D eigenvalue weighted by Gasteiger charge is 2.23. The Morgan fingerprint density at radius 1 is 1.13 bits per heavy atom. The maximum atomic E-state index is 13.6. The number of carbonyl (C=O) groups excluding carboxylic acids is 1. The predicted octanol–water partition coefficient (Wildman–Crippen LogP) is 3.56. The molecule has 0 aromatic heterocycles. The molecule has 0 saturated heterocycles. The van der Waals surface area contributed by atoms with Crippen LogP contribution < -0.4 is 15.4 Å². The summed E-state index contributed by atoms with van der Waals surface area (Å²) < 4.78 is 37.4. The minimum absolute atomic E-state index is 0.0412. The second-order valence-corrected chi connectivity index (χ2v) is 7.27. The van der Waals surface area contributed by atoms with Crippen molar-refractivity contribution < 1.29 is 28.2 Å². The summed E-state index contributed by atoms with van der Waals surface area (Å²) in [4.78, 5) is 12.1. The van der Waals surface area contributed by atoms with Crippen molar-refractivity contribution in [3.05, 3.63) is 65.2 Å². The highest BCUT2D eigenvalue weighted by molar-refractivity contribution is 5.67. The number of ether oxygens (including phenoxy) is 2. The molecule has 3 N–H and O–H groups in total. The molecule has 2 aromatic carbocycles. The SMILES string of the molecule is CCCCOC(=O)N[C@@H](Cc1cc(F)cc(F)c1)[C@H](O)CNCc1cccc(OC)c1. The maximum Gasteiger partial charge on any atom is 0.407 e. The van der Waals surface area contributed by atoms with E-state index < -0.39 is 29.9 Å². The van der Waals surface area contributed by atoms with Crippen molar-refractivity contribution in [2.45, 2.75) is 44.9 Å². The van der Waals surface area contributed by atoms with E-state index in [0.717, 1.165) is 30.2 Å². The number of carbonyl (C=O) groups is 1. The van der Waals surface area contributed by atoms with Crippen LogP contribution in [0, 0.1) is 11.6 Å². The molecule has 8 heteroatoms. The number of unbranched alkanes of at least 4 members (excludes halogenated alkanes) is 1. The molecule has 0 fully saturated rings. The Morgan fingerprint density at radius 2 is 1.87 bits per heavy atom. The van der Waals surface area contributed by atoms with Gasteiger partial charge in [0.1, 0.15) is 17.4 Å². The van der Waals surface area contributed by atoms with Gasteiger partial charge in [-0.25, -0.2) is 13.6 Å². The van der Waals surface area contributed by atoms with Crippen LogP contribution in [0.5, 0.6) is 5.75 Å². The first-order valence-electron chi connectivity index (χ1n) is 10.3. The molecule has 170 valence electrons. The first-order valence-corrected chi connectivity index (χ1v) is 10.3. The largest absolute Gasteiger partial charge is 0.497 e. The van der Waals surface area contributed by atoms with Crippen LogP contribution in [0.4, 0.5) is 13.6 Å². The van der Waals surface area contributed by atoms with E-state index in [1.165, 1.54) is 12.1 Å². The van der Waals surface area contributed by atoms with Gasteiger partial charge in [-0.1, -0.05) is 25.5 Å². The van der Waals surface area contributed by atoms with Crippen molar-refractivity contribution in [2.24, 2.45) is 0 Å². The van der Waals surface area contributed by atoms with Crippen LogP contribution in [-0.2, 0) is 17.7 Å². The number of rotatable bonds is 12. The van der Waals surface area contributed by atoms with Crippen molar-refractivity contribution >= 4 is 6.09 Å². The molecule has 0 aliphatic rings. The third kappa shape index (κ3) is 8.90. The van der Waals surface area contributed by atoms with E-state index in [0.29, 0.717) is 12.1 Å². The minimum atomic E-state index is -1.02. The van der Waals surface area contributed by atoms with Crippen molar-refractivity contribution in [1.82, 2.24) is 10.6 Å². The molecule has 0 unspecified atom stereocenters. The van der Waals surface area contributed by atoms with E-state index in [4.69, 9.17) is 9.47 Å². The van der Waals surface area contributed by atoms with Gasteiger partial charge in [0, 0.05) is 19.2 Å². The quantitative estimate of drug-likeness (QED) is 0.444. The zero-order valence-electron chi connectivity index (χ0n) is 17.9. The summed E-state index contributed by atoms with van der Waals surface area (Å²) >= 11 is 0. The fraction of sp³-hybridized carbons (Fsp3) is 0.435. The monoisotopic (exact) mass is 436 g/mol. The molecular weight excluding hydrogens is 406 g/mol. The zero-order chi connectivity index (χ0) is 22.6. The molecule has 1 amide bonds. The van der Waals surface area contributed by atoms with Crippen molar-refractivity contribution in [1.29, 1.82) is 0 Å². The average molecular weight is 436 g/mol. The number of hydrogen-bond donors (Lipinski definition) is 3. The maximum absolute atomic E-state index is 13.6. The topological polar surface area (TPSA) is 79.8 Å². The first-order chi connectivity index (χ1) is 14.9. The van der Waals surface area contributed by atoms with Gasteiger partial charge in [-0.05, 0) is 48.2 Å². The molecule has 31 heavy (non-hydrogen) atoms. The summed E-state index contributed by atoms with van der Waals surface area (Å²) in [5.41, 5.74) is 1.28. The lowest BCUT2D eigenvalue weighted by molar-refractivity contribution is 0.103. The number of hydrogen-bond acceptors (Lipinski definition) is 5. The zero-order valence-corrected chi connectivity index (χ0v) is 17.9. The molecule has 0 saturated carbocycles. The molecule has 0 heterocycles. The Kier molecular flexibility index (Phi) is 10.2. The lowest BCUT2D eigenvalue weighted by Crippen LogP contribution is -2.48. The number of halogens is 2. The van der Waals surface area contributed by atoms with Gasteiger partial charge in [0.25, 0.3) is 0 Å². The second kappa shape index (κ2) is 12.9.